The Morgan fingerprint density at radius 2 is 1.00 bits per heavy atom. The van der Waals surface area contributed by atoms with E-state index in [1.807, 2.05) is 12.2 Å². The predicted molar refractivity (Wildman–Crippen MR) is 132 cm³/mol. The van der Waals surface area contributed by atoms with Gasteiger partial charge in [-0.1, -0.05) is 36.4 Å². The van der Waals surface area contributed by atoms with Gasteiger partial charge in [-0.25, -0.2) is 0 Å². The number of allylic oxidation sites excluding steroid dienone is 2. The van der Waals surface area contributed by atoms with Gasteiger partial charge >= 0.3 is 0 Å². The van der Waals surface area contributed by atoms with Crippen molar-refractivity contribution in [3.63, 3.8) is 0 Å². The molecule has 2 rings (SSSR count). The first-order valence-electron chi connectivity index (χ1n) is 10.8. The second-order valence-electron chi connectivity index (χ2n) is 9.17. The third-order valence-corrected chi connectivity index (χ3v) is 5.93. The maximum Gasteiger partial charge on any atom is 0.144 e. The maximum absolute atomic E-state index is 12.6. The lowest BCUT2D eigenvalue weighted by Gasteiger charge is -2.30. The van der Waals surface area contributed by atoms with Crippen LogP contribution in [0.15, 0.2) is 73.8 Å². The van der Waals surface area contributed by atoms with Crippen LogP contribution in [0.3, 0.4) is 0 Å². The van der Waals surface area contributed by atoms with Crippen LogP contribution >= 0.6 is 0 Å². The quantitative estimate of drug-likeness (QED) is 0.247. The molecular formula is C27H38Br2N2O. The van der Waals surface area contributed by atoms with Crippen molar-refractivity contribution in [2.24, 2.45) is 0 Å². The maximum atomic E-state index is 12.6. The van der Waals surface area contributed by atoms with Crippen molar-refractivity contribution in [1.82, 2.24) is 8.97 Å². The van der Waals surface area contributed by atoms with Crippen molar-refractivity contribution >= 4 is 17.2 Å². The summed E-state index contributed by atoms with van der Waals surface area (Å²) in [5.41, 5.74) is 4.99. The highest BCUT2D eigenvalue weighted by Crippen LogP contribution is 2.22. The van der Waals surface area contributed by atoms with Crippen LogP contribution in [-0.2, 0) is 17.6 Å². The van der Waals surface area contributed by atoms with Crippen LogP contribution in [0.4, 0.5) is 11.4 Å². The topological polar surface area (TPSA) is 17.1 Å². The van der Waals surface area contributed by atoms with Crippen molar-refractivity contribution in [3.8, 4) is 0 Å². The fourth-order valence-corrected chi connectivity index (χ4v) is 3.60. The number of hydrogen-bond donors (Lipinski definition) is 0. The largest absolute Gasteiger partial charge is 1.00 e. The molecule has 0 fully saturated rings. The van der Waals surface area contributed by atoms with Crippen LogP contribution in [0.5, 0.6) is 0 Å². The molecule has 0 aliphatic heterocycles. The molecule has 0 saturated carbocycles. The molecule has 0 atom stereocenters. The molecule has 3 nitrogen and oxygen atoms in total. The molecule has 176 valence electrons. The zero-order chi connectivity index (χ0) is 22.2. The van der Waals surface area contributed by atoms with Gasteiger partial charge in [-0.05, 0) is 48.2 Å². The summed E-state index contributed by atoms with van der Waals surface area (Å²) in [5, 5.41) is 0. The SMILES string of the molecule is C=CCc1ccc([N+](C)(C)CCC(=O)CC[N+](C)(C)c2ccc(CC=C)cc2)cc1.[Br-].[Br-]. The summed E-state index contributed by atoms with van der Waals surface area (Å²) in [6.07, 6.45) is 6.81. The van der Waals surface area contributed by atoms with Crippen molar-refractivity contribution in [2.45, 2.75) is 25.7 Å². The Balaban J connectivity index is 0.00000480. The molecule has 0 N–H and O–H groups in total. The predicted octanol–water partition coefficient (Wildman–Crippen LogP) is -0.665. The van der Waals surface area contributed by atoms with Crippen LogP contribution in [-0.4, -0.2) is 47.1 Å². The number of quaternary nitrogens is 2. The van der Waals surface area contributed by atoms with E-state index in [1.165, 1.54) is 22.5 Å². The minimum Gasteiger partial charge on any atom is -1.00 e. The summed E-state index contributed by atoms with van der Waals surface area (Å²) in [7, 11) is 8.67. The van der Waals surface area contributed by atoms with E-state index in [2.05, 4.69) is 89.9 Å². The zero-order valence-electron chi connectivity index (χ0n) is 20.0. The van der Waals surface area contributed by atoms with Gasteiger partial charge in [-0.3, -0.25) is 13.8 Å². The smallest absolute Gasteiger partial charge is 0.144 e. The Morgan fingerprint density at radius 3 is 1.28 bits per heavy atom. The Bertz CT molecular complexity index is 785. The number of hydrogen-bond acceptors (Lipinski definition) is 1. The molecule has 0 unspecified atom stereocenters. The average Bonchev–Trinajstić information content (AvgIpc) is 2.72. The highest BCUT2D eigenvalue weighted by molar-refractivity contribution is 5.79. The third-order valence-electron chi connectivity index (χ3n) is 5.93. The summed E-state index contributed by atoms with van der Waals surface area (Å²) in [6, 6.07) is 17.3. The van der Waals surface area contributed by atoms with Crippen LogP contribution in [0.2, 0.25) is 0 Å². The van der Waals surface area contributed by atoms with Crippen molar-refractivity contribution in [2.75, 3.05) is 41.3 Å². The summed E-state index contributed by atoms with van der Waals surface area (Å²) in [4.78, 5) is 12.6. The van der Waals surface area contributed by atoms with Gasteiger partial charge < -0.3 is 34.0 Å². The number of carbonyl (C=O) groups is 1. The molecule has 0 radical (unpaired) electrons. The monoisotopic (exact) mass is 564 g/mol. The molecule has 2 aromatic rings. The van der Waals surface area contributed by atoms with Crippen LogP contribution in [0, 0.1) is 0 Å². The molecule has 0 spiro atoms. The second kappa shape index (κ2) is 13.9. The van der Waals surface area contributed by atoms with Crippen LogP contribution in [0.1, 0.15) is 24.0 Å². The lowest BCUT2D eigenvalue weighted by Crippen LogP contribution is -3.00. The number of ketones is 1. The second-order valence-corrected chi connectivity index (χ2v) is 9.17. The third kappa shape index (κ3) is 9.14. The van der Waals surface area contributed by atoms with Gasteiger partial charge in [0.2, 0.25) is 0 Å². The number of nitrogens with zero attached hydrogens (tertiary/aromatic N) is 2. The van der Waals surface area contributed by atoms with Gasteiger partial charge in [0.1, 0.15) is 17.2 Å². The van der Waals surface area contributed by atoms with Gasteiger partial charge in [-0.15, -0.1) is 13.2 Å². The highest BCUT2D eigenvalue weighted by Gasteiger charge is 2.23. The van der Waals surface area contributed by atoms with Crippen LogP contribution in [0.25, 0.3) is 0 Å². The molecule has 2 aromatic carbocycles. The van der Waals surface area contributed by atoms with E-state index < -0.39 is 0 Å². The number of benzene rings is 2. The molecule has 0 aromatic heterocycles. The highest BCUT2D eigenvalue weighted by atomic mass is 79.9. The molecular weight excluding hydrogens is 528 g/mol. The van der Waals surface area contributed by atoms with E-state index in [4.69, 9.17) is 0 Å². The molecule has 0 heterocycles. The lowest BCUT2D eigenvalue weighted by atomic mass is 10.1. The zero-order valence-corrected chi connectivity index (χ0v) is 23.2. The number of carbonyl (C=O) groups excluding carboxylic acids is 1. The molecule has 0 aliphatic carbocycles. The number of rotatable bonds is 12. The number of Topliss-reactive ketones (excluding diaryl/α,β-unsaturated/α-hetero) is 1. The van der Waals surface area contributed by atoms with E-state index in [0.717, 1.165) is 25.9 Å². The van der Waals surface area contributed by atoms with Crippen molar-refractivity contribution in [3.05, 3.63) is 85.0 Å². The summed E-state index contributed by atoms with van der Waals surface area (Å²) in [6.45, 7) is 9.21. The van der Waals surface area contributed by atoms with Crippen LogP contribution < -0.4 is 42.9 Å². The van der Waals surface area contributed by atoms with Crippen molar-refractivity contribution < 1.29 is 38.8 Å². The Morgan fingerprint density at radius 1 is 0.688 bits per heavy atom. The van der Waals surface area contributed by atoms with Gasteiger partial charge in [0.15, 0.2) is 0 Å². The Hall–Kier alpha value is -1.53. The molecule has 0 bridgehead atoms. The fraction of sp³-hybridized carbons (Fsp3) is 0.370. The van der Waals surface area contributed by atoms with E-state index in [-0.39, 0.29) is 34.0 Å². The molecule has 0 aliphatic rings. The lowest BCUT2D eigenvalue weighted by molar-refractivity contribution is -0.119. The molecule has 0 saturated heterocycles. The minimum absolute atomic E-state index is 0. The summed E-state index contributed by atoms with van der Waals surface area (Å²) < 4.78 is 1.42. The summed E-state index contributed by atoms with van der Waals surface area (Å²) in [5.74, 6) is 0.332. The van der Waals surface area contributed by atoms with Gasteiger partial charge in [-0.2, -0.15) is 0 Å². The Kier molecular flexibility index (Phi) is 13.2. The van der Waals surface area contributed by atoms with E-state index >= 15 is 0 Å². The van der Waals surface area contributed by atoms with Crippen molar-refractivity contribution in [1.29, 1.82) is 0 Å². The van der Waals surface area contributed by atoms with E-state index in [9.17, 15) is 4.79 Å². The first-order chi connectivity index (χ1) is 14.2. The molecule has 0 amide bonds. The summed E-state index contributed by atoms with van der Waals surface area (Å²) >= 11 is 0. The average molecular weight is 566 g/mol. The van der Waals surface area contributed by atoms with Gasteiger partial charge in [0.25, 0.3) is 0 Å². The first-order valence-corrected chi connectivity index (χ1v) is 10.8. The van der Waals surface area contributed by atoms with Gasteiger partial charge in [0.05, 0.1) is 54.1 Å². The fourth-order valence-electron chi connectivity index (χ4n) is 3.60. The molecule has 5 heteroatoms. The van der Waals surface area contributed by atoms with E-state index in [1.54, 1.807) is 0 Å². The first kappa shape index (κ1) is 30.5. The van der Waals surface area contributed by atoms with Gasteiger partial charge in [0, 0.05) is 0 Å². The normalized spacial score (nSPS) is 11.1. The Labute approximate surface area is 216 Å². The minimum atomic E-state index is 0. The van der Waals surface area contributed by atoms with E-state index in [0.29, 0.717) is 27.6 Å². The standard InChI is InChI=1S/C27H38N2O.2BrH/c1-7-9-23-11-15-25(16-12-23)28(3,4)21-19-27(30)20-22-29(5,6)26-17-13-24(10-8-2)14-18-26;;/h7-8,11-18H,1-2,9-10,19-22H2,3-6H3;2*1H/q+2;;/p-2. The molecule has 32 heavy (non-hydrogen) atoms. The number of halogens is 2.